The van der Waals surface area contributed by atoms with Gasteiger partial charge < -0.3 is 4.52 Å². The van der Waals surface area contributed by atoms with Crippen molar-refractivity contribution in [3.63, 3.8) is 0 Å². The quantitative estimate of drug-likeness (QED) is 0.643. The lowest BCUT2D eigenvalue weighted by molar-refractivity contribution is 0.384. The van der Waals surface area contributed by atoms with Gasteiger partial charge in [0, 0.05) is 6.42 Å². The molecular formula is C15H18N6OS. The Hall–Kier alpha value is -2.22. The van der Waals surface area contributed by atoms with Gasteiger partial charge in [0.2, 0.25) is 11.0 Å². The first kappa shape index (κ1) is 15.7. The Labute approximate surface area is 138 Å². The van der Waals surface area contributed by atoms with Gasteiger partial charge in [-0.1, -0.05) is 42.0 Å². The van der Waals surface area contributed by atoms with Crippen molar-refractivity contribution in [3.8, 4) is 5.69 Å². The zero-order valence-electron chi connectivity index (χ0n) is 13.4. The first-order chi connectivity index (χ1) is 11.2. The largest absolute Gasteiger partial charge is 0.338 e. The van der Waals surface area contributed by atoms with Crippen LogP contribution in [-0.4, -0.2) is 30.3 Å². The maximum atomic E-state index is 5.25. The summed E-state index contributed by atoms with van der Waals surface area (Å²) in [6.07, 6.45) is 1.82. The summed E-state index contributed by atoms with van der Waals surface area (Å²) in [6, 6.07) is 6.13. The van der Waals surface area contributed by atoms with Gasteiger partial charge in [0.25, 0.3) is 0 Å². The molecule has 0 fully saturated rings. The van der Waals surface area contributed by atoms with Gasteiger partial charge in [-0.3, -0.25) is 0 Å². The Morgan fingerprint density at radius 1 is 1.22 bits per heavy atom. The highest BCUT2D eigenvalue weighted by molar-refractivity contribution is 7.98. The predicted molar refractivity (Wildman–Crippen MR) is 86.5 cm³/mol. The minimum absolute atomic E-state index is 0.544. The highest BCUT2D eigenvalue weighted by Gasteiger charge is 2.15. The number of hydrogen-bond donors (Lipinski definition) is 0. The van der Waals surface area contributed by atoms with E-state index in [0.29, 0.717) is 16.8 Å². The van der Waals surface area contributed by atoms with Crippen LogP contribution in [0.5, 0.6) is 0 Å². The molecule has 23 heavy (non-hydrogen) atoms. The summed E-state index contributed by atoms with van der Waals surface area (Å²) in [4.78, 5) is 4.36. The molecule has 0 bridgehead atoms. The van der Waals surface area contributed by atoms with E-state index in [1.807, 2.05) is 32.0 Å². The summed E-state index contributed by atoms with van der Waals surface area (Å²) in [7, 11) is 0. The Kier molecular flexibility index (Phi) is 4.71. The second-order valence-electron chi connectivity index (χ2n) is 5.26. The van der Waals surface area contributed by atoms with Crippen LogP contribution in [0.3, 0.4) is 0 Å². The maximum absolute atomic E-state index is 5.25. The van der Waals surface area contributed by atoms with E-state index >= 15 is 0 Å². The zero-order chi connectivity index (χ0) is 16.2. The lowest BCUT2D eigenvalue weighted by Gasteiger charge is -2.09. The molecule has 2 aromatic heterocycles. The van der Waals surface area contributed by atoms with Crippen LogP contribution in [-0.2, 0) is 12.2 Å². The molecule has 0 N–H and O–H groups in total. The number of rotatable bonds is 6. The molecule has 3 aromatic rings. The molecule has 0 aliphatic rings. The first-order valence-electron chi connectivity index (χ1n) is 7.48. The van der Waals surface area contributed by atoms with Gasteiger partial charge >= 0.3 is 0 Å². The number of para-hydroxylation sites is 1. The second kappa shape index (κ2) is 6.91. The van der Waals surface area contributed by atoms with Crippen LogP contribution in [0.15, 0.2) is 27.9 Å². The fourth-order valence-electron chi connectivity index (χ4n) is 2.35. The number of tetrazole rings is 1. The number of thioether (sulfide) groups is 1. The van der Waals surface area contributed by atoms with Crippen LogP contribution in [0, 0.1) is 13.8 Å². The summed E-state index contributed by atoms with van der Waals surface area (Å²) in [6.45, 7) is 6.18. The summed E-state index contributed by atoms with van der Waals surface area (Å²) in [5, 5.41) is 16.7. The standard InChI is InChI=1S/C15H18N6OS/c1-4-6-12-16-13(22-18-12)9-23-15-17-19-20-21(15)14-10(2)7-5-8-11(14)3/h5,7-8H,4,6,9H2,1-3H3. The first-order valence-corrected chi connectivity index (χ1v) is 8.46. The summed E-state index contributed by atoms with van der Waals surface area (Å²) in [5.74, 6) is 1.88. The highest BCUT2D eigenvalue weighted by atomic mass is 32.2. The van der Waals surface area contributed by atoms with E-state index in [-0.39, 0.29) is 0 Å². The predicted octanol–water partition coefficient (Wildman–Crippen LogP) is 2.91. The number of nitrogens with zero attached hydrogens (tertiary/aromatic N) is 6. The number of aromatic nitrogens is 6. The smallest absolute Gasteiger partial charge is 0.237 e. The van der Waals surface area contributed by atoms with Crippen LogP contribution >= 0.6 is 11.8 Å². The number of hydrogen-bond acceptors (Lipinski definition) is 7. The van der Waals surface area contributed by atoms with E-state index in [0.717, 1.165) is 35.5 Å². The third-order valence-electron chi connectivity index (χ3n) is 3.40. The van der Waals surface area contributed by atoms with Gasteiger partial charge in [0.15, 0.2) is 5.82 Å². The monoisotopic (exact) mass is 330 g/mol. The number of aryl methyl sites for hydroxylation is 3. The van der Waals surface area contributed by atoms with Crippen molar-refractivity contribution < 1.29 is 4.52 Å². The van der Waals surface area contributed by atoms with E-state index in [1.165, 1.54) is 11.8 Å². The lowest BCUT2D eigenvalue weighted by Crippen LogP contribution is -2.04. The van der Waals surface area contributed by atoms with Crippen LogP contribution in [0.4, 0.5) is 0 Å². The van der Waals surface area contributed by atoms with Gasteiger partial charge in [0.05, 0.1) is 11.4 Å². The minimum Gasteiger partial charge on any atom is -0.338 e. The van der Waals surface area contributed by atoms with Crippen molar-refractivity contribution in [3.05, 3.63) is 41.0 Å². The van der Waals surface area contributed by atoms with Gasteiger partial charge in [-0.05, 0) is 41.8 Å². The van der Waals surface area contributed by atoms with E-state index in [2.05, 4.69) is 32.6 Å². The Bertz CT molecular complexity index is 777. The third-order valence-corrected chi connectivity index (χ3v) is 4.30. The van der Waals surface area contributed by atoms with Crippen molar-refractivity contribution in [1.82, 2.24) is 30.3 Å². The molecule has 120 valence electrons. The third kappa shape index (κ3) is 3.42. The summed E-state index contributed by atoms with van der Waals surface area (Å²) >= 11 is 1.48. The topological polar surface area (TPSA) is 82.5 Å². The fourth-order valence-corrected chi connectivity index (χ4v) is 3.06. The van der Waals surface area contributed by atoms with E-state index in [1.54, 1.807) is 4.68 Å². The number of benzene rings is 1. The Morgan fingerprint density at radius 2 is 2.00 bits per heavy atom. The SMILES string of the molecule is CCCc1noc(CSc2nnnn2-c2c(C)cccc2C)n1. The molecule has 0 unspecified atom stereocenters. The van der Waals surface area contributed by atoms with E-state index in [4.69, 9.17) is 4.52 Å². The van der Waals surface area contributed by atoms with Crippen molar-refractivity contribution in [2.75, 3.05) is 0 Å². The average Bonchev–Trinajstić information content (AvgIpc) is 3.15. The fraction of sp³-hybridized carbons (Fsp3) is 0.400. The zero-order valence-corrected chi connectivity index (χ0v) is 14.2. The molecule has 0 saturated heterocycles. The van der Waals surface area contributed by atoms with Crippen molar-refractivity contribution in [2.24, 2.45) is 0 Å². The molecule has 3 rings (SSSR count). The molecule has 0 aliphatic heterocycles. The molecule has 2 heterocycles. The molecule has 7 nitrogen and oxygen atoms in total. The van der Waals surface area contributed by atoms with Crippen molar-refractivity contribution in [1.29, 1.82) is 0 Å². The summed E-state index contributed by atoms with van der Waals surface area (Å²) < 4.78 is 7.01. The Morgan fingerprint density at radius 3 is 2.74 bits per heavy atom. The second-order valence-corrected chi connectivity index (χ2v) is 6.20. The van der Waals surface area contributed by atoms with Gasteiger partial charge in [-0.2, -0.15) is 9.67 Å². The average molecular weight is 330 g/mol. The molecule has 0 spiro atoms. The molecular weight excluding hydrogens is 312 g/mol. The highest BCUT2D eigenvalue weighted by Crippen LogP contribution is 2.25. The van der Waals surface area contributed by atoms with Gasteiger partial charge in [-0.25, -0.2) is 0 Å². The van der Waals surface area contributed by atoms with Gasteiger partial charge in [-0.15, -0.1) is 5.10 Å². The van der Waals surface area contributed by atoms with Crippen LogP contribution < -0.4 is 0 Å². The maximum Gasteiger partial charge on any atom is 0.237 e. The molecule has 0 radical (unpaired) electrons. The van der Waals surface area contributed by atoms with Crippen molar-refractivity contribution in [2.45, 2.75) is 44.5 Å². The molecule has 0 aliphatic carbocycles. The van der Waals surface area contributed by atoms with Crippen molar-refractivity contribution >= 4 is 11.8 Å². The summed E-state index contributed by atoms with van der Waals surface area (Å²) in [5.41, 5.74) is 3.27. The normalized spacial score (nSPS) is 11.1. The molecule has 1 aromatic carbocycles. The van der Waals surface area contributed by atoms with Gasteiger partial charge in [0.1, 0.15) is 0 Å². The lowest BCUT2D eigenvalue weighted by atomic mass is 10.1. The molecule has 8 heteroatoms. The molecule has 0 atom stereocenters. The Balaban J connectivity index is 1.78. The van der Waals surface area contributed by atoms with Crippen LogP contribution in [0.25, 0.3) is 5.69 Å². The van der Waals surface area contributed by atoms with Crippen LogP contribution in [0.1, 0.15) is 36.2 Å². The van der Waals surface area contributed by atoms with Crippen LogP contribution in [0.2, 0.25) is 0 Å². The van der Waals surface area contributed by atoms with E-state index < -0.39 is 0 Å². The van der Waals surface area contributed by atoms with E-state index in [9.17, 15) is 0 Å². The molecule has 0 amide bonds. The molecule has 0 saturated carbocycles. The minimum atomic E-state index is 0.544.